The van der Waals surface area contributed by atoms with E-state index >= 15 is 0 Å². The lowest BCUT2D eigenvalue weighted by atomic mass is 10.1. The molecule has 1 heterocycles. The van der Waals surface area contributed by atoms with Gasteiger partial charge in [0, 0.05) is 24.5 Å². The maximum atomic E-state index is 11.2. The van der Waals surface area contributed by atoms with Crippen LogP contribution in [-0.4, -0.2) is 24.5 Å². The summed E-state index contributed by atoms with van der Waals surface area (Å²) in [6.45, 7) is 7.26. The fourth-order valence-electron chi connectivity index (χ4n) is 2.30. The van der Waals surface area contributed by atoms with Gasteiger partial charge in [-0.05, 0) is 30.5 Å². The fraction of sp³-hybridized carbons (Fsp3) is 0.438. The summed E-state index contributed by atoms with van der Waals surface area (Å²) in [4.78, 5) is 0. The molecule has 2 rings (SSSR count). The minimum Gasteiger partial charge on any atom is -0.376 e. The predicted octanol–water partition coefficient (Wildman–Crippen LogP) is 3.08. The minimum atomic E-state index is -3.24. The summed E-state index contributed by atoms with van der Waals surface area (Å²) in [6, 6.07) is 7.43. The highest BCUT2D eigenvalue weighted by molar-refractivity contribution is 7.92. The number of hydrogen-bond acceptors (Lipinski definition) is 4. The van der Waals surface area contributed by atoms with Crippen LogP contribution in [0.4, 0.5) is 11.4 Å². The van der Waals surface area contributed by atoms with Crippen LogP contribution in [0.1, 0.15) is 32.4 Å². The van der Waals surface area contributed by atoms with Crippen molar-refractivity contribution in [2.24, 2.45) is 5.92 Å². The highest BCUT2D eigenvalue weighted by Crippen LogP contribution is 2.21. The Labute approximate surface area is 138 Å². The molecule has 0 amide bonds. The topological polar surface area (TPSA) is 76.0 Å². The molecule has 0 aliphatic heterocycles. The molecule has 0 fully saturated rings. The first-order valence-electron chi connectivity index (χ1n) is 7.59. The largest absolute Gasteiger partial charge is 0.376 e. The molecule has 0 radical (unpaired) electrons. The van der Waals surface area contributed by atoms with Crippen LogP contribution in [0, 0.1) is 5.92 Å². The average Bonchev–Trinajstić information content (AvgIpc) is 2.84. The highest BCUT2D eigenvalue weighted by Gasteiger charge is 2.08. The second kappa shape index (κ2) is 7.04. The zero-order chi connectivity index (χ0) is 17.0. The van der Waals surface area contributed by atoms with Gasteiger partial charge in [-0.25, -0.2) is 8.42 Å². The summed E-state index contributed by atoms with van der Waals surface area (Å²) in [5.74, 6) is 0.551. The van der Waals surface area contributed by atoms with Gasteiger partial charge in [0.1, 0.15) is 0 Å². The van der Waals surface area contributed by atoms with E-state index in [9.17, 15) is 8.42 Å². The molecule has 0 saturated heterocycles. The van der Waals surface area contributed by atoms with Crippen LogP contribution >= 0.6 is 0 Å². The zero-order valence-electron chi connectivity index (χ0n) is 13.9. The molecule has 1 atom stereocenters. The summed E-state index contributed by atoms with van der Waals surface area (Å²) in [6.07, 6.45) is 4.95. The average molecular weight is 336 g/mol. The van der Waals surface area contributed by atoms with E-state index in [1.807, 2.05) is 29.2 Å². The maximum Gasteiger partial charge on any atom is 0.229 e. The van der Waals surface area contributed by atoms with E-state index < -0.39 is 10.0 Å². The lowest BCUT2D eigenvalue weighted by molar-refractivity contribution is 0.483. The maximum absolute atomic E-state index is 11.2. The van der Waals surface area contributed by atoms with Crippen LogP contribution in [0.25, 0.3) is 0 Å². The molecule has 0 aliphatic carbocycles. The van der Waals surface area contributed by atoms with E-state index in [1.54, 1.807) is 12.1 Å². The van der Waals surface area contributed by atoms with Crippen LogP contribution < -0.4 is 10.0 Å². The van der Waals surface area contributed by atoms with Gasteiger partial charge < -0.3 is 5.32 Å². The molecule has 1 aromatic carbocycles. The Hall–Kier alpha value is -2.02. The van der Waals surface area contributed by atoms with Crippen LogP contribution in [0.2, 0.25) is 0 Å². The summed E-state index contributed by atoms with van der Waals surface area (Å²) in [5, 5.41) is 7.73. The second-order valence-electron chi connectivity index (χ2n) is 6.21. The smallest absolute Gasteiger partial charge is 0.229 e. The van der Waals surface area contributed by atoms with Crippen molar-refractivity contribution in [1.29, 1.82) is 0 Å². The molecule has 2 aromatic rings. The van der Waals surface area contributed by atoms with Gasteiger partial charge in [-0.15, -0.1) is 0 Å². The molecular weight excluding hydrogens is 312 g/mol. The molecule has 1 aromatic heterocycles. The summed E-state index contributed by atoms with van der Waals surface area (Å²) in [7, 11) is -3.24. The van der Waals surface area contributed by atoms with Gasteiger partial charge in [-0.2, -0.15) is 5.10 Å². The Bertz CT molecular complexity index is 736. The van der Waals surface area contributed by atoms with Crippen LogP contribution in [-0.2, 0) is 16.6 Å². The van der Waals surface area contributed by atoms with Crippen molar-refractivity contribution in [2.45, 2.75) is 33.4 Å². The molecule has 23 heavy (non-hydrogen) atoms. The third-order valence-electron chi connectivity index (χ3n) is 3.28. The predicted molar refractivity (Wildman–Crippen MR) is 94.0 cm³/mol. The number of nitrogens with zero attached hydrogens (tertiary/aromatic N) is 2. The Kier molecular flexibility index (Phi) is 5.30. The molecular formula is C16H24N4O2S. The van der Waals surface area contributed by atoms with E-state index in [1.165, 1.54) is 0 Å². The number of sulfonamides is 1. The molecule has 7 heteroatoms. The van der Waals surface area contributed by atoms with Crippen molar-refractivity contribution in [3.63, 3.8) is 0 Å². The molecule has 0 saturated carbocycles. The first-order chi connectivity index (χ1) is 10.7. The second-order valence-corrected chi connectivity index (χ2v) is 7.96. The zero-order valence-corrected chi connectivity index (χ0v) is 14.8. The van der Waals surface area contributed by atoms with E-state index in [-0.39, 0.29) is 6.04 Å². The number of rotatable bonds is 7. The quantitative estimate of drug-likeness (QED) is 0.815. The van der Waals surface area contributed by atoms with Crippen molar-refractivity contribution in [3.05, 3.63) is 42.2 Å². The molecule has 6 nitrogen and oxygen atoms in total. The van der Waals surface area contributed by atoms with E-state index in [0.717, 1.165) is 24.1 Å². The lowest BCUT2D eigenvalue weighted by Gasteiger charge is -2.15. The number of benzene rings is 1. The van der Waals surface area contributed by atoms with E-state index in [4.69, 9.17) is 0 Å². The molecule has 0 spiro atoms. The fourth-order valence-corrected chi connectivity index (χ4v) is 2.86. The molecule has 2 N–H and O–H groups in total. The number of hydrogen-bond donors (Lipinski definition) is 2. The van der Waals surface area contributed by atoms with Crippen LogP contribution in [0.5, 0.6) is 0 Å². The van der Waals surface area contributed by atoms with Gasteiger partial charge >= 0.3 is 0 Å². The third-order valence-corrected chi connectivity index (χ3v) is 3.89. The van der Waals surface area contributed by atoms with Crippen molar-refractivity contribution in [2.75, 3.05) is 16.3 Å². The highest BCUT2D eigenvalue weighted by atomic mass is 32.2. The van der Waals surface area contributed by atoms with E-state index in [2.05, 4.69) is 35.9 Å². The first-order valence-corrected chi connectivity index (χ1v) is 9.49. The van der Waals surface area contributed by atoms with Crippen molar-refractivity contribution in [3.8, 4) is 0 Å². The molecule has 126 valence electrons. The van der Waals surface area contributed by atoms with Gasteiger partial charge in [-0.3, -0.25) is 9.40 Å². The lowest BCUT2D eigenvalue weighted by Crippen LogP contribution is -2.10. The molecule has 0 aliphatic rings. The van der Waals surface area contributed by atoms with Gasteiger partial charge in [0.15, 0.2) is 0 Å². The van der Waals surface area contributed by atoms with Crippen molar-refractivity contribution in [1.82, 2.24) is 9.78 Å². The molecule has 0 bridgehead atoms. The summed E-state index contributed by atoms with van der Waals surface area (Å²) in [5.41, 5.74) is 2.60. The molecule has 0 unspecified atom stereocenters. The van der Waals surface area contributed by atoms with Crippen molar-refractivity contribution >= 4 is 21.4 Å². The van der Waals surface area contributed by atoms with Gasteiger partial charge in [0.2, 0.25) is 10.0 Å². The third kappa shape index (κ3) is 5.59. The van der Waals surface area contributed by atoms with Crippen LogP contribution in [0.15, 0.2) is 36.7 Å². The first kappa shape index (κ1) is 17.3. The Balaban J connectivity index is 2.00. The Morgan fingerprint density at radius 3 is 2.35 bits per heavy atom. The van der Waals surface area contributed by atoms with Gasteiger partial charge in [-0.1, -0.05) is 26.0 Å². The SMILES string of the molecule is CC(C)Cn1cc(N[C@@H](C)c2ccc(NS(C)(=O)=O)cc2)cn1. The standard InChI is InChI=1S/C16H24N4O2S/c1-12(2)10-20-11-16(9-17-20)18-13(3)14-5-7-15(8-6-14)19-23(4,21)22/h5-9,11-13,18-19H,10H2,1-4H3/t13-/m0/s1. The summed E-state index contributed by atoms with van der Waals surface area (Å²) < 4.78 is 26.8. The summed E-state index contributed by atoms with van der Waals surface area (Å²) >= 11 is 0. The monoisotopic (exact) mass is 336 g/mol. The Morgan fingerprint density at radius 2 is 1.78 bits per heavy atom. The van der Waals surface area contributed by atoms with Crippen LogP contribution in [0.3, 0.4) is 0 Å². The number of anilines is 2. The normalized spacial score (nSPS) is 13.1. The van der Waals surface area contributed by atoms with Gasteiger partial charge in [0.05, 0.1) is 18.1 Å². The Morgan fingerprint density at radius 1 is 1.13 bits per heavy atom. The minimum absolute atomic E-state index is 0.0963. The number of nitrogens with one attached hydrogen (secondary N) is 2. The number of aromatic nitrogens is 2. The van der Waals surface area contributed by atoms with Gasteiger partial charge in [0.25, 0.3) is 0 Å². The van der Waals surface area contributed by atoms with E-state index in [0.29, 0.717) is 11.6 Å². The van der Waals surface area contributed by atoms with Crippen molar-refractivity contribution < 1.29 is 8.42 Å².